The van der Waals surface area contributed by atoms with Crippen molar-refractivity contribution >= 4 is 41.0 Å². The summed E-state index contributed by atoms with van der Waals surface area (Å²) < 4.78 is 5.82. The zero-order valence-corrected chi connectivity index (χ0v) is 14.8. The predicted octanol–water partition coefficient (Wildman–Crippen LogP) is 5.60. The molecule has 0 amide bonds. The summed E-state index contributed by atoms with van der Waals surface area (Å²) in [6.45, 7) is 0. The molecule has 0 fully saturated rings. The van der Waals surface area contributed by atoms with Gasteiger partial charge in [0.15, 0.2) is 0 Å². The molecule has 26 heavy (non-hydrogen) atoms. The van der Waals surface area contributed by atoms with Crippen molar-refractivity contribution in [3.05, 3.63) is 87.6 Å². The molecule has 6 heteroatoms. The monoisotopic (exact) mass is 383 g/mol. The van der Waals surface area contributed by atoms with Gasteiger partial charge < -0.3 is 9.25 Å². The highest BCUT2D eigenvalue weighted by Gasteiger charge is 2.27. The van der Waals surface area contributed by atoms with Crippen LogP contribution in [0.15, 0.2) is 75.8 Å². The Kier molecular flexibility index (Phi) is 4.37. The number of hydrogen-bond donors (Lipinski definition) is 0. The van der Waals surface area contributed by atoms with Crippen molar-refractivity contribution in [3.8, 4) is 11.3 Å². The molecule has 128 valence electrons. The molecule has 1 aromatic heterocycles. The van der Waals surface area contributed by atoms with E-state index in [2.05, 4.69) is 5.16 Å². The first kappa shape index (κ1) is 16.6. The van der Waals surface area contributed by atoms with Crippen LogP contribution < -0.4 is 0 Å². The molecule has 0 N–H and O–H groups in total. The van der Waals surface area contributed by atoms with Crippen molar-refractivity contribution in [2.45, 2.75) is 0 Å². The zero-order valence-electron chi connectivity index (χ0n) is 13.3. The molecule has 0 bridgehead atoms. The lowest BCUT2D eigenvalue weighted by molar-refractivity contribution is -0.136. The van der Waals surface area contributed by atoms with Crippen LogP contribution in [0.2, 0.25) is 10.0 Å². The Morgan fingerprint density at radius 2 is 1.69 bits per heavy atom. The summed E-state index contributed by atoms with van der Waals surface area (Å²) >= 11 is 12.0. The molecule has 1 aliphatic rings. The van der Waals surface area contributed by atoms with Gasteiger partial charge in [0.2, 0.25) is 0 Å². The van der Waals surface area contributed by atoms with E-state index in [1.54, 1.807) is 30.3 Å². The largest absolute Gasteiger partial charge is 0.457 e. The van der Waals surface area contributed by atoms with Gasteiger partial charge in [0.05, 0.1) is 15.6 Å². The minimum Gasteiger partial charge on any atom is -0.457 e. The second-order valence-electron chi connectivity index (χ2n) is 5.57. The lowest BCUT2D eigenvalue weighted by Crippen LogP contribution is -2.06. The van der Waals surface area contributed by atoms with Gasteiger partial charge in [-0.2, -0.15) is 0 Å². The highest BCUT2D eigenvalue weighted by atomic mass is 35.5. The Bertz CT molecular complexity index is 1050. The maximum Gasteiger partial charge on any atom is 0.368 e. The number of oxime groups is 1. The molecular weight excluding hydrogens is 373 g/mol. The first-order valence-corrected chi connectivity index (χ1v) is 8.49. The number of nitrogens with zero attached hydrogens (tertiary/aromatic N) is 1. The third-order valence-corrected chi connectivity index (χ3v) is 4.60. The van der Waals surface area contributed by atoms with Crippen molar-refractivity contribution in [1.82, 2.24) is 0 Å². The minimum absolute atomic E-state index is 0.339. The second kappa shape index (κ2) is 6.83. The Labute approximate surface area is 159 Å². The van der Waals surface area contributed by atoms with E-state index in [4.69, 9.17) is 32.5 Å². The fraction of sp³-hybridized carbons (Fsp3) is 0. The standard InChI is InChI=1S/C20H11Cl2NO3/c21-16-8-6-13(10-17(16)22)18-9-7-14(25-18)11-15-19(23-26-20(15)24)12-4-2-1-3-5-12/h1-11H. The van der Waals surface area contributed by atoms with Crippen LogP contribution in [-0.4, -0.2) is 11.7 Å². The summed E-state index contributed by atoms with van der Waals surface area (Å²) in [4.78, 5) is 16.9. The number of rotatable bonds is 3. The van der Waals surface area contributed by atoms with Crippen molar-refractivity contribution in [3.63, 3.8) is 0 Å². The van der Waals surface area contributed by atoms with Crippen LogP contribution in [0.1, 0.15) is 11.3 Å². The smallest absolute Gasteiger partial charge is 0.368 e. The van der Waals surface area contributed by atoms with Gasteiger partial charge in [-0.15, -0.1) is 0 Å². The van der Waals surface area contributed by atoms with E-state index in [0.717, 1.165) is 11.1 Å². The maximum absolute atomic E-state index is 12.0. The van der Waals surface area contributed by atoms with Crippen LogP contribution in [0.4, 0.5) is 0 Å². The molecule has 0 unspecified atom stereocenters. The van der Waals surface area contributed by atoms with E-state index < -0.39 is 5.97 Å². The molecule has 4 rings (SSSR count). The maximum atomic E-state index is 12.0. The summed E-state index contributed by atoms with van der Waals surface area (Å²) in [5.74, 6) is 0.597. The summed E-state index contributed by atoms with van der Waals surface area (Å²) in [6.07, 6.45) is 1.61. The van der Waals surface area contributed by atoms with Gasteiger partial charge in [-0.05, 0) is 36.4 Å². The van der Waals surface area contributed by atoms with Crippen molar-refractivity contribution in [2.24, 2.45) is 5.16 Å². The molecule has 0 aliphatic carbocycles. The molecule has 0 spiro atoms. The second-order valence-corrected chi connectivity index (χ2v) is 6.39. The zero-order chi connectivity index (χ0) is 18.1. The lowest BCUT2D eigenvalue weighted by atomic mass is 10.0. The van der Waals surface area contributed by atoms with Crippen molar-refractivity contribution < 1.29 is 14.0 Å². The molecule has 1 aliphatic heterocycles. The highest BCUT2D eigenvalue weighted by molar-refractivity contribution is 6.42. The molecule has 3 aromatic rings. The van der Waals surface area contributed by atoms with Gasteiger partial charge in [0.1, 0.15) is 17.2 Å². The Morgan fingerprint density at radius 3 is 2.46 bits per heavy atom. The summed E-state index contributed by atoms with van der Waals surface area (Å²) in [5, 5.41) is 4.79. The molecule has 0 radical (unpaired) electrons. The number of furan rings is 1. The molecule has 0 saturated carbocycles. The summed E-state index contributed by atoms with van der Waals surface area (Å²) in [6, 6.07) is 18.1. The fourth-order valence-electron chi connectivity index (χ4n) is 2.59. The van der Waals surface area contributed by atoms with Crippen LogP contribution in [0.5, 0.6) is 0 Å². The Hall–Kier alpha value is -2.82. The van der Waals surface area contributed by atoms with Crippen molar-refractivity contribution in [2.75, 3.05) is 0 Å². The SMILES string of the molecule is O=C1ON=C(c2ccccc2)C1=Cc1ccc(-c2ccc(Cl)c(Cl)c2)o1. The number of halogens is 2. The molecule has 0 atom stereocenters. The van der Waals surface area contributed by atoms with E-state index in [1.165, 1.54) is 0 Å². The molecule has 0 saturated heterocycles. The van der Waals surface area contributed by atoms with Crippen molar-refractivity contribution in [1.29, 1.82) is 0 Å². The van der Waals surface area contributed by atoms with Gasteiger partial charge in [-0.25, -0.2) is 4.79 Å². The quantitative estimate of drug-likeness (QED) is 0.436. The summed E-state index contributed by atoms with van der Waals surface area (Å²) in [5.41, 5.74) is 2.39. The average molecular weight is 384 g/mol. The van der Waals surface area contributed by atoms with Gasteiger partial charge in [0.25, 0.3) is 0 Å². The van der Waals surface area contributed by atoms with Gasteiger partial charge in [-0.3, -0.25) is 0 Å². The third kappa shape index (κ3) is 3.17. The van der Waals surface area contributed by atoms with Gasteiger partial charge in [0, 0.05) is 11.1 Å². The van der Waals surface area contributed by atoms with Crippen LogP contribution in [0, 0.1) is 0 Å². The molecule has 2 aromatic carbocycles. The van der Waals surface area contributed by atoms with Crippen LogP contribution in [-0.2, 0) is 9.63 Å². The summed E-state index contributed by atoms with van der Waals surface area (Å²) in [7, 11) is 0. The first-order valence-electron chi connectivity index (χ1n) is 7.74. The van der Waals surface area contributed by atoms with Gasteiger partial charge >= 0.3 is 5.97 Å². The van der Waals surface area contributed by atoms with Crippen LogP contribution >= 0.6 is 23.2 Å². The van der Waals surface area contributed by atoms with E-state index >= 15 is 0 Å². The van der Waals surface area contributed by atoms with Crippen LogP contribution in [0.3, 0.4) is 0 Å². The van der Waals surface area contributed by atoms with Crippen LogP contribution in [0.25, 0.3) is 17.4 Å². The lowest BCUT2D eigenvalue weighted by Gasteiger charge is -2.00. The number of benzene rings is 2. The molecule has 4 nitrogen and oxygen atoms in total. The van der Waals surface area contributed by atoms with E-state index in [9.17, 15) is 4.79 Å². The van der Waals surface area contributed by atoms with E-state index in [1.807, 2.05) is 36.4 Å². The van der Waals surface area contributed by atoms with Gasteiger partial charge in [-0.1, -0.05) is 58.7 Å². The average Bonchev–Trinajstić information content (AvgIpc) is 3.26. The Balaban J connectivity index is 1.68. The fourth-order valence-corrected chi connectivity index (χ4v) is 2.89. The molecule has 2 heterocycles. The van der Waals surface area contributed by atoms with E-state index in [-0.39, 0.29) is 0 Å². The normalized spacial score (nSPS) is 15.2. The molecular formula is C20H11Cl2NO3. The number of carbonyl (C=O) groups is 1. The number of carbonyl (C=O) groups excluding carboxylic acids is 1. The first-order chi connectivity index (χ1) is 12.6. The topological polar surface area (TPSA) is 51.8 Å². The Morgan fingerprint density at radius 1 is 0.885 bits per heavy atom. The number of hydrogen-bond acceptors (Lipinski definition) is 4. The third-order valence-electron chi connectivity index (χ3n) is 3.86. The van der Waals surface area contributed by atoms with E-state index in [0.29, 0.717) is 32.9 Å². The minimum atomic E-state index is -0.517. The highest BCUT2D eigenvalue weighted by Crippen LogP contribution is 2.30. The predicted molar refractivity (Wildman–Crippen MR) is 101 cm³/mol.